The maximum Gasteiger partial charge on any atom is 0.270 e. The molecule has 2 fully saturated rings. The third kappa shape index (κ3) is 5.29. The number of carbonyl (C=O) groups excluding carboxylic acids is 2. The number of imidazole rings is 1. The van der Waals surface area contributed by atoms with Crippen LogP contribution < -0.4 is 10.6 Å². The number of aryl methyl sites for hydroxylation is 1. The van der Waals surface area contributed by atoms with Crippen LogP contribution in [0.25, 0.3) is 5.65 Å². The minimum atomic E-state index is -0.197. The molecule has 4 unspecified atom stereocenters. The molecule has 0 spiro atoms. The van der Waals surface area contributed by atoms with Gasteiger partial charge in [0.1, 0.15) is 5.69 Å². The van der Waals surface area contributed by atoms with E-state index in [4.69, 9.17) is 10.1 Å². The van der Waals surface area contributed by atoms with E-state index >= 15 is 0 Å². The summed E-state index contributed by atoms with van der Waals surface area (Å²) in [6.07, 6.45) is 11.8. The number of nitrogens with one attached hydrogen (secondary N) is 2. The molecule has 4 heterocycles. The number of hydrogen-bond acceptors (Lipinski definition) is 5. The van der Waals surface area contributed by atoms with Crippen LogP contribution in [0.3, 0.4) is 0 Å². The molecule has 3 aromatic heterocycles. The van der Waals surface area contributed by atoms with Gasteiger partial charge in [-0.05, 0) is 62.6 Å². The summed E-state index contributed by atoms with van der Waals surface area (Å²) < 4.78 is 3.53. The van der Waals surface area contributed by atoms with Gasteiger partial charge in [-0.25, -0.2) is 9.50 Å². The Morgan fingerprint density at radius 1 is 1.17 bits per heavy atom. The van der Waals surface area contributed by atoms with Crippen molar-refractivity contribution in [3.05, 3.63) is 47.7 Å². The van der Waals surface area contributed by atoms with E-state index in [2.05, 4.69) is 22.7 Å². The van der Waals surface area contributed by atoms with Gasteiger partial charge in [-0.3, -0.25) is 14.3 Å². The highest BCUT2D eigenvalue weighted by atomic mass is 16.2. The van der Waals surface area contributed by atoms with Gasteiger partial charge in [0.15, 0.2) is 5.65 Å². The topological polar surface area (TPSA) is 106 Å². The van der Waals surface area contributed by atoms with E-state index in [1.165, 1.54) is 6.42 Å². The molecule has 36 heavy (non-hydrogen) atoms. The maximum atomic E-state index is 13.3. The second-order valence-electron chi connectivity index (χ2n) is 10.5. The fraction of sp³-hybridized carbons (Fsp3) is 0.593. The monoisotopic (exact) mass is 491 g/mol. The highest BCUT2D eigenvalue weighted by Crippen LogP contribution is 2.35. The molecule has 0 radical (unpaired) electrons. The lowest BCUT2D eigenvalue weighted by Crippen LogP contribution is -2.37. The summed E-state index contributed by atoms with van der Waals surface area (Å²) in [5.74, 6) is 0.981. The SMILES string of the molecule is CCn1nccc1C(=O)NC(c1cn2nc(CC3CCCNC3=O)ccc2n1)C1CCCC(C)CC1. The van der Waals surface area contributed by atoms with Gasteiger partial charge in [0, 0.05) is 31.6 Å². The van der Waals surface area contributed by atoms with E-state index in [1.807, 2.05) is 25.3 Å². The molecule has 2 N–H and O–H groups in total. The fourth-order valence-electron chi connectivity index (χ4n) is 5.76. The molecule has 2 aliphatic rings. The molecule has 9 heteroatoms. The molecule has 3 aromatic rings. The summed E-state index contributed by atoms with van der Waals surface area (Å²) in [6, 6.07) is 5.50. The molecule has 2 amide bonds. The number of nitrogens with zero attached hydrogens (tertiary/aromatic N) is 5. The lowest BCUT2D eigenvalue weighted by molar-refractivity contribution is -0.126. The summed E-state index contributed by atoms with van der Waals surface area (Å²) in [7, 11) is 0. The van der Waals surface area contributed by atoms with Crippen LogP contribution in [0.5, 0.6) is 0 Å². The van der Waals surface area contributed by atoms with Gasteiger partial charge in [-0.2, -0.15) is 10.2 Å². The lowest BCUT2D eigenvalue weighted by atomic mass is 9.89. The Bertz CT molecular complexity index is 1220. The smallest absolute Gasteiger partial charge is 0.270 e. The first-order chi connectivity index (χ1) is 17.5. The summed E-state index contributed by atoms with van der Waals surface area (Å²) in [4.78, 5) is 30.4. The standard InChI is InChI=1S/C27H37N7O2/c1-3-33-23(13-15-29-33)27(36)31-25(19-7-4-6-18(2)9-10-19)22-17-34-24(30-22)12-11-21(32-34)16-20-8-5-14-28-26(20)35/h11-13,15,17-20,25H,3-10,14,16H2,1-2H3,(H,28,35)(H,31,36). The summed E-state index contributed by atoms with van der Waals surface area (Å²) in [5, 5.41) is 15.3. The average Bonchev–Trinajstić information content (AvgIpc) is 3.47. The quantitative estimate of drug-likeness (QED) is 0.490. The van der Waals surface area contributed by atoms with Crippen molar-refractivity contribution in [2.75, 3.05) is 6.54 Å². The van der Waals surface area contributed by atoms with Crippen molar-refractivity contribution in [3.8, 4) is 0 Å². The van der Waals surface area contributed by atoms with Crippen molar-refractivity contribution in [2.24, 2.45) is 17.8 Å². The predicted molar refractivity (Wildman–Crippen MR) is 136 cm³/mol. The fourth-order valence-corrected chi connectivity index (χ4v) is 5.76. The Labute approximate surface area is 212 Å². The summed E-state index contributed by atoms with van der Waals surface area (Å²) in [5.41, 5.74) is 3.04. The van der Waals surface area contributed by atoms with Crippen LogP contribution in [0.1, 0.15) is 86.7 Å². The zero-order valence-corrected chi connectivity index (χ0v) is 21.3. The molecule has 1 saturated heterocycles. The normalized spacial score (nSPS) is 23.7. The maximum absolute atomic E-state index is 13.3. The molecule has 1 aliphatic carbocycles. The van der Waals surface area contributed by atoms with Gasteiger partial charge < -0.3 is 10.6 Å². The van der Waals surface area contributed by atoms with E-state index in [0.29, 0.717) is 30.5 Å². The van der Waals surface area contributed by atoms with Gasteiger partial charge in [-0.15, -0.1) is 0 Å². The summed E-state index contributed by atoms with van der Waals surface area (Å²) in [6.45, 7) is 5.70. The molecule has 1 saturated carbocycles. The first kappa shape index (κ1) is 24.5. The second kappa shape index (κ2) is 10.8. The van der Waals surface area contributed by atoms with Gasteiger partial charge >= 0.3 is 0 Å². The van der Waals surface area contributed by atoms with Crippen LogP contribution in [-0.4, -0.2) is 42.7 Å². The molecule has 0 bridgehead atoms. The Morgan fingerprint density at radius 3 is 2.89 bits per heavy atom. The Balaban J connectivity index is 1.42. The number of fused-ring (bicyclic) bond motifs is 1. The third-order valence-corrected chi connectivity index (χ3v) is 7.88. The number of hydrogen-bond donors (Lipinski definition) is 2. The van der Waals surface area contributed by atoms with Crippen LogP contribution in [0.4, 0.5) is 0 Å². The highest BCUT2D eigenvalue weighted by Gasteiger charge is 2.30. The zero-order chi connectivity index (χ0) is 25.1. The first-order valence-electron chi connectivity index (χ1n) is 13.5. The molecule has 4 atom stereocenters. The molecule has 1 aliphatic heterocycles. The van der Waals surface area contributed by atoms with Crippen LogP contribution in [0.15, 0.2) is 30.6 Å². The summed E-state index contributed by atoms with van der Waals surface area (Å²) >= 11 is 0. The second-order valence-corrected chi connectivity index (χ2v) is 10.5. The van der Waals surface area contributed by atoms with Crippen molar-refractivity contribution >= 4 is 17.5 Å². The predicted octanol–water partition coefficient (Wildman–Crippen LogP) is 3.70. The number of piperidine rings is 1. The van der Waals surface area contributed by atoms with E-state index in [9.17, 15) is 9.59 Å². The van der Waals surface area contributed by atoms with E-state index < -0.39 is 0 Å². The van der Waals surface area contributed by atoms with Crippen molar-refractivity contribution in [2.45, 2.75) is 77.8 Å². The largest absolute Gasteiger partial charge is 0.356 e. The highest BCUT2D eigenvalue weighted by molar-refractivity contribution is 5.92. The minimum absolute atomic E-state index is 0.0323. The first-order valence-corrected chi connectivity index (χ1v) is 13.5. The molecule has 192 valence electrons. The average molecular weight is 492 g/mol. The zero-order valence-electron chi connectivity index (χ0n) is 21.3. The molecule has 5 rings (SSSR count). The number of aromatic nitrogens is 5. The Morgan fingerprint density at radius 2 is 2.06 bits per heavy atom. The third-order valence-electron chi connectivity index (χ3n) is 7.88. The Kier molecular flexibility index (Phi) is 7.34. The Hall–Kier alpha value is -3.23. The molecular formula is C27H37N7O2. The van der Waals surface area contributed by atoms with Crippen LogP contribution in [0.2, 0.25) is 0 Å². The molecule has 9 nitrogen and oxygen atoms in total. The van der Waals surface area contributed by atoms with Gasteiger partial charge in [0.05, 0.1) is 23.6 Å². The van der Waals surface area contributed by atoms with Crippen LogP contribution in [0, 0.1) is 17.8 Å². The van der Waals surface area contributed by atoms with Gasteiger partial charge in [0.2, 0.25) is 5.91 Å². The van der Waals surface area contributed by atoms with Crippen molar-refractivity contribution in [1.82, 2.24) is 35.0 Å². The van der Waals surface area contributed by atoms with Crippen LogP contribution in [-0.2, 0) is 17.8 Å². The van der Waals surface area contributed by atoms with Crippen molar-refractivity contribution in [1.29, 1.82) is 0 Å². The van der Waals surface area contributed by atoms with Crippen LogP contribution >= 0.6 is 0 Å². The van der Waals surface area contributed by atoms with Crippen molar-refractivity contribution in [3.63, 3.8) is 0 Å². The molecule has 0 aromatic carbocycles. The van der Waals surface area contributed by atoms with E-state index in [0.717, 1.165) is 62.1 Å². The van der Waals surface area contributed by atoms with Gasteiger partial charge in [0.25, 0.3) is 5.91 Å². The van der Waals surface area contributed by atoms with Gasteiger partial charge in [-0.1, -0.05) is 26.2 Å². The number of carbonyl (C=O) groups is 2. The lowest BCUT2D eigenvalue weighted by Gasteiger charge is -2.26. The van der Waals surface area contributed by atoms with E-state index in [1.54, 1.807) is 21.5 Å². The molecular weight excluding hydrogens is 454 g/mol. The van der Waals surface area contributed by atoms with Crippen molar-refractivity contribution < 1.29 is 9.59 Å². The number of amides is 2. The van der Waals surface area contributed by atoms with E-state index in [-0.39, 0.29) is 23.8 Å². The minimum Gasteiger partial charge on any atom is -0.356 e. The number of rotatable bonds is 7.